The average Bonchev–Trinajstić information content (AvgIpc) is 3.24. The molecule has 3 rings (SSSR count). The summed E-state index contributed by atoms with van der Waals surface area (Å²) in [5.74, 6) is 0. The summed E-state index contributed by atoms with van der Waals surface area (Å²) in [6.07, 6.45) is 6.31. The monoisotopic (exact) mass is 349 g/mol. The zero-order valence-corrected chi connectivity index (χ0v) is 15.0. The van der Waals surface area contributed by atoms with Crippen LogP contribution in [0.1, 0.15) is 36.9 Å². The van der Waals surface area contributed by atoms with Gasteiger partial charge in [-0.05, 0) is 13.3 Å². The molecule has 1 fully saturated rings. The van der Waals surface area contributed by atoms with Gasteiger partial charge in [0.15, 0.2) is 0 Å². The molecule has 0 spiro atoms. The lowest BCUT2D eigenvalue weighted by Gasteiger charge is -2.40. The lowest BCUT2D eigenvalue weighted by atomic mass is 9.97. The van der Waals surface area contributed by atoms with E-state index in [-0.39, 0.29) is 12.1 Å². The van der Waals surface area contributed by atoms with Gasteiger partial charge in [0, 0.05) is 36.9 Å². The van der Waals surface area contributed by atoms with Crippen molar-refractivity contribution in [1.29, 1.82) is 0 Å². The van der Waals surface area contributed by atoms with Crippen molar-refractivity contribution in [2.75, 3.05) is 19.7 Å². The molecule has 1 aliphatic rings. The molecule has 8 heteroatoms. The minimum Gasteiger partial charge on any atom is -0.367 e. The van der Waals surface area contributed by atoms with E-state index in [0.717, 1.165) is 17.0 Å². The Labute approximate surface area is 145 Å². The highest BCUT2D eigenvalue weighted by molar-refractivity contribution is 7.09. The number of aromatic nitrogens is 3. The van der Waals surface area contributed by atoms with E-state index in [0.29, 0.717) is 19.7 Å². The Morgan fingerprint density at radius 3 is 3.04 bits per heavy atom. The number of aryl methyl sites for hydroxylation is 1. The maximum atomic E-state index is 12.7. The quantitative estimate of drug-likeness (QED) is 0.919. The molecule has 0 bridgehead atoms. The Kier molecular flexibility index (Phi) is 4.86. The molecule has 1 saturated heterocycles. The molecule has 2 aromatic heterocycles. The predicted octanol–water partition coefficient (Wildman–Crippen LogP) is 2.28. The number of carbonyl (C=O) groups excluding carboxylic acids is 1. The molecule has 2 atom stereocenters. The number of hydrogen-bond acceptors (Lipinski definition) is 5. The molecule has 7 nitrogen and oxygen atoms in total. The summed E-state index contributed by atoms with van der Waals surface area (Å²) in [6.45, 7) is 5.63. The summed E-state index contributed by atoms with van der Waals surface area (Å²) in [5.41, 5.74) is 0.446. The van der Waals surface area contributed by atoms with Gasteiger partial charge in [0.1, 0.15) is 10.6 Å². The molecule has 24 heavy (non-hydrogen) atoms. The average molecular weight is 349 g/mol. The van der Waals surface area contributed by atoms with Crippen molar-refractivity contribution in [3.05, 3.63) is 34.5 Å². The highest BCUT2D eigenvalue weighted by atomic mass is 32.1. The van der Waals surface area contributed by atoms with E-state index in [1.54, 1.807) is 28.4 Å². The van der Waals surface area contributed by atoms with Gasteiger partial charge in [0.25, 0.3) is 0 Å². The van der Waals surface area contributed by atoms with Crippen molar-refractivity contribution in [2.24, 2.45) is 7.05 Å². The first-order chi connectivity index (χ1) is 11.5. The number of amides is 2. The van der Waals surface area contributed by atoms with Crippen molar-refractivity contribution in [3.8, 4) is 0 Å². The van der Waals surface area contributed by atoms with Gasteiger partial charge in [-0.3, -0.25) is 4.68 Å². The third-order valence-electron chi connectivity index (χ3n) is 4.33. The number of nitrogens with one attached hydrogen (secondary N) is 1. The summed E-state index contributed by atoms with van der Waals surface area (Å²) < 4.78 is 7.71. The van der Waals surface area contributed by atoms with Crippen LogP contribution in [0.5, 0.6) is 0 Å². The van der Waals surface area contributed by atoms with Crippen molar-refractivity contribution >= 4 is 17.4 Å². The molecule has 0 saturated carbocycles. The van der Waals surface area contributed by atoms with Crippen LogP contribution < -0.4 is 5.32 Å². The van der Waals surface area contributed by atoms with Gasteiger partial charge < -0.3 is 15.0 Å². The summed E-state index contributed by atoms with van der Waals surface area (Å²) in [5, 5.41) is 10.2. The Hall–Kier alpha value is -1.93. The van der Waals surface area contributed by atoms with Crippen molar-refractivity contribution in [1.82, 2.24) is 25.0 Å². The van der Waals surface area contributed by atoms with E-state index >= 15 is 0 Å². The first kappa shape index (κ1) is 16.9. The molecular weight excluding hydrogens is 326 g/mol. The molecule has 2 aromatic rings. The molecule has 0 aliphatic carbocycles. The van der Waals surface area contributed by atoms with Crippen LogP contribution in [0.15, 0.2) is 24.0 Å². The van der Waals surface area contributed by atoms with E-state index in [1.807, 2.05) is 37.4 Å². The normalized spacial score (nSPS) is 22.4. The topological polar surface area (TPSA) is 72.3 Å². The van der Waals surface area contributed by atoms with Crippen LogP contribution in [0.2, 0.25) is 0 Å². The van der Waals surface area contributed by atoms with Crippen LogP contribution in [0, 0.1) is 0 Å². The molecular formula is C16H23N5O2S. The number of nitrogens with zero attached hydrogens (tertiary/aromatic N) is 4. The van der Waals surface area contributed by atoms with Crippen LogP contribution in [0.4, 0.5) is 4.79 Å². The van der Waals surface area contributed by atoms with Gasteiger partial charge in [-0.2, -0.15) is 5.10 Å². The largest absolute Gasteiger partial charge is 0.367 e. The Morgan fingerprint density at radius 1 is 1.58 bits per heavy atom. The molecule has 1 N–H and O–H groups in total. The number of hydrogen-bond donors (Lipinski definition) is 1. The van der Waals surface area contributed by atoms with Crippen molar-refractivity contribution < 1.29 is 9.53 Å². The number of rotatable bonds is 4. The maximum absolute atomic E-state index is 12.7. The second-order valence-corrected chi connectivity index (χ2v) is 7.11. The highest BCUT2D eigenvalue weighted by Gasteiger charge is 2.37. The van der Waals surface area contributed by atoms with Crippen molar-refractivity contribution in [3.63, 3.8) is 0 Å². The fourth-order valence-corrected chi connectivity index (χ4v) is 3.67. The van der Waals surface area contributed by atoms with Crippen LogP contribution in [-0.2, 0) is 17.4 Å². The number of carbonyl (C=O) groups is 1. The van der Waals surface area contributed by atoms with Gasteiger partial charge >= 0.3 is 6.03 Å². The Bertz CT molecular complexity index is 686. The molecule has 0 radical (unpaired) electrons. The van der Waals surface area contributed by atoms with Crippen LogP contribution in [0.25, 0.3) is 0 Å². The summed E-state index contributed by atoms with van der Waals surface area (Å²) >= 11 is 1.56. The molecule has 1 aliphatic heterocycles. The number of ether oxygens (including phenoxy) is 1. The molecule has 0 unspecified atom stereocenters. The smallest absolute Gasteiger partial charge is 0.318 e. The Balaban J connectivity index is 1.69. The first-order valence-corrected chi connectivity index (χ1v) is 8.97. The minimum atomic E-state index is -0.535. The fraction of sp³-hybridized carbons (Fsp3) is 0.562. The standard InChI is InChI=1S/C16H23N5O2S/c1-4-13(14-17-5-8-24-14)19-15(22)21-6-7-23-16(2,11-21)12-9-18-20(3)10-12/h5,8-10,13H,4,6-7,11H2,1-3H3,(H,19,22)/t13-,16+/m0/s1. The van der Waals surface area contributed by atoms with Crippen LogP contribution in [0.3, 0.4) is 0 Å². The van der Waals surface area contributed by atoms with Crippen molar-refractivity contribution in [2.45, 2.75) is 31.9 Å². The van der Waals surface area contributed by atoms with Gasteiger partial charge in [-0.15, -0.1) is 11.3 Å². The molecule has 0 aromatic carbocycles. The first-order valence-electron chi connectivity index (χ1n) is 8.10. The van der Waals surface area contributed by atoms with Gasteiger partial charge in [0.05, 0.1) is 25.4 Å². The SMILES string of the molecule is CC[C@H](NC(=O)N1CCO[C@@](C)(c2cnn(C)c2)C1)c1nccs1. The van der Waals surface area contributed by atoms with E-state index in [9.17, 15) is 4.79 Å². The zero-order valence-electron chi connectivity index (χ0n) is 14.2. The maximum Gasteiger partial charge on any atom is 0.318 e. The van der Waals surface area contributed by atoms with Crippen LogP contribution in [-0.4, -0.2) is 45.4 Å². The molecule has 3 heterocycles. The third-order valence-corrected chi connectivity index (χ3v) is 5.22. The van der Waals surface area contributed by atoms with Gasteiger partial charge in [-0.25, -0.2) is 9.78 Å². The van der Waals surface area contributed by atoms with Gasteiger partial charge in [-0.1, -0.05) is 6.92 Å². The lowest BCUT2D eigenvalue weighted by molar-refractivity contribution is -0.0909. The minimum absolute atomic E-state index is 0.0509. The van der Waals surface area contributed by atoms with E-state index < -0.39 is 5.60 Å². The number of urea groups is 1. The summed E-state index contributed by atoms with van der Waals surface area (Å²) in [4.78, 5) is 18.8. The van der Waals surface area contributed by atoms with Gasteiger partial charge in [0.2, 0.25) is 0 Å². The van der Waals surface area contributed by atoms with Crippen LogP contribution >= 0.6 is 11.3 Å². The molecule has 2 amide bonds. The van der Waals surface area contributed by atoms with E-state index in [1.165, 1.54) is 0 Å². The predicted molar refractivity (Wildman–Crippen MR) is 91.8 cm³/mol. The lowest BCUT2D eigenvalue weighted by Crippen LogP contribution is -2.53. The van der Waals surface area contributed by atoms with E-state index in [4.69, 9.17) is 4.74 Å². The second-order valence-electron chi connectivity index (χ2n) is 6.18. The Morgan fingerprint density at radius 2 is 2.42 bits per heavy atom. The third kappa shape index (κ3) is 3.44. The fourth-order valence-electron chi connectivity index (χ4n) is 2.90. The number of thiazole rings is 1. The molecule has 130 valence electrons. The highest BCUT2D eigenvalue weighted by Crippen LogP contribution is 2.29. The summed E-state index contributed by atoms with van der Waals surface area (Å²) in [6, 6.07) is -0.125. The zero-order chi connectivity index (χ0) is 17.2. The summed E-state index contributed by atoms with van der Waals surface area (Å²) in [7, 11) is 1.88. The van der Waals surface area contributed by atoms with E-state index in [2.05, 4.69) is 15.4 Å². The second kappa shape index (κ2) is 6.90. The number of morpholine rings is 1.